The van der Waals surface area contributed by atoms with Crippen molar-refractivity contribution in [2.24, 2.45) is 0 Å². The molecule has 0 aromatic heterocycles. The Kier molecular flexibility index (Phi) is 4.77. The topological polar surface area (TPSA) is 29.5 Å². The molecule has 1 aromatic carbocycles. The van der Waals surface area contributed by atoms with E-state index in [0.29, 0.717) is 10.8 Å². The van der Waals surface area contributed by atoms with E-state index >= 15 is 0 Å². The van der Waals surface area contributed by atoms with E-state index in [1.54, 1.807) is 12.1 Å². The average Bonchev–Trinajstić information content (AvgIpc) is 2.20. The van der Waals surface area contributed by atoms with E-state index < -0.39 is 0 Å². The predicted molar refractivity (Wildman–Crippen MR) is 57.9 cm³/mol. The van der Waals surface area contributed by atoms with E-state index in [1.165, 1.54) is 0 Å². The molecule has 1 aromatic rings. The number of aliphatic hydroxyl groups excluding tert-OH is 1. The third-order valence-electron chi connectivity index (χ3n) is 1.94. The maximum absolute atomic E-state index is 9.04. The molecule has 0 radical (unpaired) electrons. The van der Waals surface area contributed by atoms with Gasteiger partial charge in [0.1, 0.15) is 11.9 Å². The molecule has 0 bridgehead atoms. The molecule has 0 aliphatic rings. The molecule has 0 aliphatic heterocycles. The molecule has 2 nitrogen and oxygen atoms in total. The van der Waals surface area contributed by atoms with Gasteiger partial charge in [-0.15, -0.1) is 0 Å². The Bertz CT molecular complexity index is 276. The van der Waals surface area contributed by atoms with Crippen molar-refractivity contribution < 1.29 is 9.84 Å². The van der Waals surface area contributed by atoms with Crippen LogP contribution in [0.15, 0.2) is 24.3 Å². The van der Waals surface area contributed by atoms with Crippen molar-refractivity contribution in [1.29, 1.82) is 0 Å². The second kappa shape index (κ2) is 5.89. The van der Waals surface area contributed by atoms with Crippen LogP contribution < -0.4 is 4.74 Å². The fraction of sp³-hybridized carbons (Fsp3) is 0.455. The Morgan fingerprint density at radius 1 is 1.43 bits per heavy atom. The highest BCUT2D eigenvalue weighted by atomic mass is 35.5. The van der Waals surface area contributed by atoms with E-state index in [1.807, 2.05) is 12.1 Å². The van der Waals surface area contributed by atoms with Crippen LogP contribution in [0.2, 0.25) is 5.02 Å². The minimum Gasteiger partial charge on any atom is -0.486 e. The monoisotopic (exact) mass is 214 g/mol. The van der Waals surface area contributed by atoms with E-state index in [9.17, 15) is 0 Å². The van der Waals surface area contributed by atoms with Gasteiger partial charge in [-0.25, -0.2) is 0 Å². The summed E-state index contributed by atoms with van der Waals surface area (Å²) in [6.45, 7) is 2.08. The number of para-hydroxylation sites is 1. The van der Waals surface area contributed by atoms with Crippen LogP contribution in [-0.2, 0) is 0 Å². The summed E-state index contributed by atoms with van der Waals surface area (Å²) in [4.78, 5) is 0. The molecule has 0 amide bonds. The molecule has 0 fully saturated rings. The van der Waals surface area contributed by atoms with Crippen LogP contribution in [0.5, 0.6) is 5.75 Å². The van der Waals surface area contributed by atoms with Crippen molar-refractivity contribution in [3.63, 3.8) is 0 Å². The van der Waals surface area contributed by atoms with Gasteiger partial charge in [0.15, 0.2) is 0 Å². The summed E-state index contributed by atoms with van der Waals surface area (Å²) in [5.41, 5.74) is 0. The fourth-order valence-electron chi connectivity index (χ4n) is 1.23. The molecule has 3 heteroatoms. The number of hydrogen-bond donors (Lipinski definition) is 1. The number of ether oxygens (including phenoxy) is 1. The highest BCUT2D eigenvalue weighted by Crippen LogP contribution is 2.24. The lowest BCUT2D eigenvalue weighted by molar-refractivity contribution is 0.108. The second-order valence-electron chi connectivity index (χ2n) is 3.14. The van der Waals surface area contributed by atoms with Gasteiger partial charge in [0.25, 0.3) is 0 Å². The molecule has 0 spiro atoms. The first-order valence-corrected chi connectivity index (χ1v) is 5.17. The molecule has 0 heterocycles. The molecule has 0 saturated carbocycles. The summed E-state index contributed by atoms with van der Waals surface area (Å²) < 4.78 is 5.55. The second-order valence-corrected chi connectivity index (χ2v) is 3.55. The smallest absolute Gasteiger partial charge is 0.138 e. The Morgan fingerprint density at radius 3 is 2.71 bits per heavy atom. The SMILES string of the molecule is CCCC(CO)Oc1ccccc1Cl. The summed E-state index contributed by atoms with van der Waals surface area (Å²) in [5.74, 6) is 0.640. The van der Waals surface area contributed by atoms with E-state index in [2.05, 4.69) is 6.92 Å². The number of halogens is 1. The van der Waals surface area contributed by atoms with Gasteiger partial charge in [-0.3, -0.25) is 0 Å². The summed E-state index contributed by atoms with van der Waals surface area (Å²) in [7, 11) is 0. The summed E-state index contributed by atoms with van der Waals surface area (Å²) in [6.07, 6.45) is 1.66. The van der Waals surface area contributed by atoms with Crippen molar-refractivity contribution in [2.45, 2.75) is 25.9 Å². The van der Waals surface area contributed by atoms with Crippen LogP contribution in [0, 0.1) is 0 Å². The van der Waals surface area contributed by atoms with Gasteiger partial charge in [0.2, 0.25) is 0 Å². The standard InChI is InChI=1S/C11H15ClO2/c1-2-5-9(8-13)14-11-7-4-3-6-10(11)12/h3-4,6-7,9,13H,2,5,8H2,1H3. The quantitative estimate of drug-likeness (QED) is 0.817. The van der Waals surface area contributed by atoms with Gasteiger partial charge in [0.05, 0.1) is 11.6 Å². The largest absolute Gasteiger partial charge is 0.486 e. The third kappa shape index (κ3) is 3.20. The lowest BCUT2D eigenvalue weighted by atomic mass is 10.2. The summed E-state index contributed by atoms with van der Waals surface area (Å²) >= 11 is 5.92. The number of benzene rings is 1. The summed E-state index contributed by atoms with van der Waals surface area (Å²) in [5, 5.41) is 9.63. The maximum atomic E-state index is 9.04. The van der Waals surface area contributed by atoms with Crippen LogP contribution in [0.1, 0.15) is 19.8 Å². The Labute approximate surface area is 89.5 Å². The van der Waals surface area contributed by atoms with Crippen molar-refractivity contribution in [1.82, 2.24) is 0 Å². The molecule has 1 unspecified atom stereocenters. The molecular formula is C11H15ClO2. The van der Waals surface area contributed by atoms with Gasteiger partial charge >= 0.3 is 0 Å². The van der Waals surface area contributed by atoms with E-state index in [-0.39, 0.29) is 12.7 Å². The van der Waals surface area contributed by atoms with Gasteiger partial charge in [-0.05, 0) is 18.6 Å². The zero-order valence-electron chi connectivity index (χ0n) is 8.24. The Balaban J connectivity index is 2.62. The highest BCUT2D eigenvalue weighted by molar-refractivity contribution is 6.32. The minimum absolute atomic E-state index is 0.0268. The van der Waals surface area contributed by atoms with E-state index in [4.69, 9.17) is 21.4 Å². The maximum Gasteiger partial charge on any atom is 0.138 e. The first-order chi connectivity index (χ1) is 6.77. The van der Waals surface area contributed by atoms with Crippen LogP contribution in [-0.4, -0.2) is 17.8 Å². The number of aliphatic hydroxyl groups is 1. The van der Waals surface area contributed by atoms with Crippen LogP contribution >= 0.6 is 11.6 Å². The van der Waals surface area contributed by atoms with Gasteiger partial charge in [0, 0.05) is 0 Å². The van der Waals surface area contributed by atoms with Crippen molar-refractivity contribution in [3.05, 3.63) is 29.3 Å². The first kappa shape index (κ1) is 11.3. The predicted octanol–water partition coefficient (Wildman–Crippen LogP) is 2.88. The lowest BCUT2D eigenvalue weighted by Crippen LogP contribution is -2.20. The Hall–Kier alpha value is -0.730. The molecule has 1 rings (SSSR count). The van der Waals surface area contributed by atoms with Crippen molar-refractivity contribution in [3.8, 4) is 5.75 Å². The lowest BCUT2D eigenvalue weighted by Gasteiger charge is -2.16. The van der Waals surface area contributed by atoms with Gasteiger partial charge < -0.3 is 9.84 Å². The number of hydrogen-bond acceptors (Lipinski definition) is 2. The molecule has 0 saturated heterocycles. The normalized spacial score (nSPS) is 12.5. The molecular weight excluding hydrogens is 200 g/mol. The molecule has 1 atom stereocenters. The molecule has 0 aliphatic carbocycles. The molecule has 14 heavy (non-hydrogen) atoms. The first-order valence-electron chi connectivity index (χ1n) is 4.80. The van der Waals surface area contributed by atoms with Gasteiger partial charge in [-0.2, -0.15) is 0 Å². The van der Waals surface area contributed by atoms with Crippen LogP contribution in [0.25, 0.3) is 0 Å². The number of rotatable bonds is 5. The third-order valence-corrected chi connectivity index (χ3v) is 2.26. The zero-order chi connectivity index (χ0) is 10.4. The molecule has 78 valence electrons. The summed E-state index contributed by atoms with van der Waals surface area (Å²) in [6, 6.07) is 7.29. The zero-order valence-corrected chi connectivity index (χ0v) is 9.00. The highest BCUT2D eigenvalue weighted by Gasteiger charge is 2.09. The van der Waals surface area contributed by atoms with Crippen LogP contribution in [0.4, 0.5) is 0 Å². The van der Waals surface area contributed by atoms with Gasteiger partial charge in [-0.1, -0.05) is 37.1 Å². The fourth-order valence-corrected chi connectivity index (χ4v) is 1.41. The average molecular weight is 215 g/mol. The minimum atomic E-state index is -0.153. The van der Waals surface area contributed by atoms with E-state index in [0.717, 1.165) is 12.8 Å². The van der Waals surface area contributed by atoms with Crippen molar-refractivity contribution in [2.75, 3.05) is 6.61 Å². The molecule has 1 N–H and O–H groups in total. The van der Waals surface area contributed by atoms with Crippen molar-refractivity contribution >= 4 is 11.6 Å². The van der Waals surface area contributed by atoms with Crippen LogP contribution in [0.3, 0.4) is 0 Å². The Morgan fingerprint density at radius 2 is 2.14 bits per heavy atom.